The first-order valence-electron chi connectivity index (χ1n) is 6.02. The number of urea groups is 1. The van der Waals surface area contributed by atoms with Gasteiger partial charge in [0.15, 0.2) is 5.66 Å². The first-order valence-corrected chi connectivity index (χ1v) is 6.02. The summed E-state index contributed by atoms with van der Waals surface area (Å²) in [6.45, 7) is 0. The molecule has 0 radical (unpaired) electrons. The molecule has 0 aromatic heterocycles. The number of carboxylic acid groups (broad SMARTS) is 1. The molecule has 2 amide bonds. The molecule has 7 nitrogen and oxygen atoms in total. The largest absolute Gasteiger partial charge is 0.478 e. The van der Waals surface area contributed by atoms with Crippen LogP contribution in [0.5, 0.6) is 0 Å². The monoisotopic (exact) mass is 287 g/mol. The van der Waals surface area contributed by atoms with Crippen LogP contribution in [0.4, 0.5) is 4.79 Å². The highest BCUT2D eigenvalue weighted by atomic mass is 16.4. The normalized spacial score (nSPS) is 21.4. The molecule has 1 aliphatic rings. The fourth-order valence-corrected chi connectivity index (χ4v) is 1.89. The Morgan fingerprint density at radius 3 is 2.52 bits per heavy atom. The Hall–Kier alpha value is -2.93. The van der Waals surface area contributed by atoms with Crippen molar-refractivity contribution in [2.45, 2.75) is 5.66 Å². The van der Waals surface area contributed by atoms with Gasteiger partial charge in [-0.05, 0) is 6.08 Å². The van der Waals surface area contributed by atoms with Gasteiger partial charge in [0.1, 0.15) is 0 Å². The molecule has 108 valence electrons. The lowest BCUT2D eigenvalue weighted by atomic mass is 9.90. The number of carbonyl (C=O) groups is 3. The second-order valence-corrected chi connectivity index (χ2v) is 4.37. The summed E-state index contributed by atoms with van der Waals surface area (Å²) in [5.41, 5.74) is 4.64. The fourth-order valence-electron chi connectivity index (χ4n) is 1.89. The van der Waals surface area contributed by atoms with Crippen molar-refractivity contribution in [3.05, 3.63) is 59.8 Å². The van der Waals surface area contributed by atoms with E-state index in [1.165, 1.54) is 6.20 Å². The minimum atomic E-state index is -1.82. The summed E-state index contributed by atoms with van der Waals surface area (Å²) in [5.74, 6) is -1.73. The highest BCUT2D eigenvalue weighted by molar-refractivity contribution is 6.08. The zero-order chi connectivity index (χ0) is 15.5. The third kappa shape index (κ3) is 2.98. The Morgan fingerprint density at radius 1 is 1.24 bits per heavy atom. The second-order valence-electron chi connectivity index (χ2n) is 4.37. The van der Waals surface area contributed by atoms with Gasteiger partial charge in [0.25, 0.3) is 0 Å². The fraction of sp³-hybridized carbons (Fsp3) is 0.0714. The summed E-state index contributed by atoms with van der Waals surface area (Å²) in [6, 6.07) is 7.54. The molecule has 1 unspecified atom stereocenters. The second kappa shape index (κ2) is 5.59. The van der Waals surface area contributed by atoms with Crippen LogP contribution in [0, 0.1) is 0 Å². The van der Waals surface area contributed by atoms with Crippen molar-refractivity contribution < 1.29 is 19.5 Å². The Kier molecular flexibility index (Phi) is 3.86. The van der Waals surface area contributed by atoms with Gasteiger partial charge in [0, 0.05) is 23.4 Å². The quantitative estimate of drug-likeness (QED) is 0.470. The van der Waals surface area contributed by atoms with Gasteiger partial charge in [-0.2, -0.15) is 0 Å². The lowest BCUT2D eigenvalue weighted by Gasteiger charge is -2.33. The minimum Gasteiger partial charge on any atom is -0.478 e. The van der Waals surface area contributed by atoms with E-state index in [9.17, 15) is 14.4 Å². The van der Waals surface area contributed by atoms with Gasteiger partial charge in [-0.15, -0.1) is 0 Å². The summed E-state index contributed by atoms with van der Waals surface area (Å²) < 4.78 is 0. The van der Waals surface area contributed by atoms with Crippen molar-refractivity contribution in [2.75, 3.05) is 0 Å². The van der Waals surface area contributed by atoms with Crippen LogP contribution in [-0.2, 0) is 4.79 Å². The van der Waals surface area contributed by atoms with E-state index in [1.807, 2.05) is 0 Å². The van der Waals surface area contributed by atoms with E-state index in [4.69, 9.17) is 10.8 Å². The zero-order valence-electron chi connectivity index (χ0n) is 10.9. The van der Waals surface area contributed by atoms with Gasteiger partial charge in [-0.1, -0.05) is 30.3 Å². The lowest BCUT2D eigenvalue weighted by Crippen LogP contribution is -2.66. The third-order valence-corrected chi connectivity index (χ3v) is 2.92. The smallest absolute Gasteiger partial charge is 0.328 e. The lowest BCUT2D eigenvalue weighted by molar-refractivity contribution is -0.131. The molecular weight excluding hydrogens is 274 g/mol. The first kappa shape index (κ1) is 14.5. The van der Waals surface area contributed by atoms with Crippen LogP contribution in [0.15, 0.2) is 54.3 Å². The molecule has 1 aromatic carbocycles. The van der Waals surface area contributed by atoms with E-state index < -0.39 is 23.4 Å². The number of rotatable bonds is 4. The van der Waals surface area contributed by atoms with Crippen molar-refractivity contribution in [3.63, 3.8) is 0 Å². The summed E-state index contributed by atoms with van der Waals surface area (Å²) in [6.07, 6.45) is 3.21. The molecular formula is C14H13N3O4. The van der Waals surface area contributed by atoms with E-state index in [2.05, 4.69) is 10.6 Å². The number of Topliss-reactive ketones (excluding diaryl/α,β-unsaturated/α-hetero) is 1. The first-order chi connectivity index (χ1) is 9.93. The van der Waals surface area contributed by atoms with Gasteiger partial charge in [-0.25, -0.2) is 9.59 Å². The van der Waals surface area contributed by atoms with Gasteiger partial charge in [0.05, 0.1) is 0 Å². The average Bonchev–Trinajstić information content (AvgIpc) is 2.46. The van der Waals surface area contributed by atoms with Gasteiger partial charge >= 0.3 is 12.0 Å². The molecule has 0 bridgehead atoms. The van der Waals surface area contributed by atoms with E-state index >= 15 is 0 Å². The SMILES string of the molecule is NC1(C(=O)c2ccccc2)NC(=O)NC=C1C=CC(=O)O. The average molecular weight is 287 g/mol. The molecule has 1 atom stereocenters. The molecule has 1 heterocycles. The number of carbonyl (C=O) groups excluding carboxylic acids is 2. The van der Waals surface area contributed by atoms with E-state index in [0.717, 1.165) is 12.2 Å². The number of nitrogens with one attached hydrogen (secondary N) is 2. The molecule has 0 saturated heterocycles. The van der Waals surface area contributed by atoms with Crippen LogP contribution in [0.25, 0.3) is 0 Å². The third-order valence-electron chi connectivity index (χ3n) is 2.92. The summed E-state index contributed by atoms with van der Waals surface area (Å²) in [5, 5.41) is 13.3. The van der Waals surface area contributed by atoms with Crippen molar-refractivity contribution in [1.29, 1.82) is 0 Å². The van der Waals surface area contributed by atoms with Crippen molar-refractivity contribution in [2.24, 2.45) is 5.73 Å². The number of hydrogen-bond acceptors (Lipinski definition) is 4. The van der Waals surface area contributed by atoms with Crippen LogP contribution >= 0.6 is 0 Å². The molecule has 0 saturated carbocycles. The molecule has 2 rings (SSSR count). The Morgan fingerprint density at radius 2 is 1.90 bits per heavy atom. The maximum absolute atomic E-state index is 12.5. The topological polar surface area (TPSA) is 122 Å². The molecule has 1 aliphatic heterocycles. The highest BCUT2D eigenvalue weighted by Gasteiger charge is 2.41. The van der Waals surface area contributed by atoms with Gasteiger partial charge in [0.2, 0.25) is 5.78 Å². The minimum absolute atomic E-state index is 0.137. The van der Waals surface area contributed by atoms with Crippen molar-refractivity contribution in [1.82, 2.24) is 10.6 Å². The van der Waals surface area contributed by atoms with Gasteiger partial charge in [-0.3, -0.25) is 10.5 Å². The molecule has 1 aromatic rings. The molecule has 0 fully saturated rings. The number of amides is 2. The molecule has 5 N–H and O–H groups in total. The predicted molar refractivity (Wildman–Crippen MR) is 74.2 cm³/mol. The van der Waals surface area contributed by atoms with Crippen molar-refractivity contribution >= 4 is 17.8 Å². The van der Waals surface area contributed by atoms with Gasteiger partial charge < -0.3 is 15.7 Å². The maximum Gasteiger partial charge on any atom is 0.328 e. The maximum atomic E-state index is 12.5. The van der Waals surface area contributed by atoms with Crippen LogP contribution in [0.1, 0.15) is 10.4 Å². The highest BCUT2D eigenvalue weighted by Crippen LogP contribution is 2.20. The number of nitrogens with two attached hydrogens (primary N) is 1. The van der Waals surface area contributed by atoms with Crippen LogP contribution in [0.2, 0.25) is 0 Å². The Balaban J connectivity index is 2.42. The van der Waals surface area contributed by atoms with E-state index in [0.29, 0.717) is 5.56 Å². The molecule has 0 aliphatic carbocycles. The summed E-state index contributed by atoms with van der Waals surface area (Å²) in [4.78, 5) is 34.6. The number of hydrogen-bond donors (Lipinski definition) is 4. The predicted octanol–water partition coefficient (Wildman–Crippen LogP) is 0.362. The summed E-state index contributed by atoms with van der Waals surface area (Å²) >= 11 is 0. The Labute approximate surface area is 120 Å². The standard InChI is InChI=1S/C14H13N3O4/c15-14(12(20)9-4-2-1-3-5-9)10(6-7-11(18)19)8-16-13(21)17-14/h1-8H,15H2,(H,18,19)(H2,16,17,21). The number of benzene rings is 1. The number of carboxylic acids is 1. The van der Waals surface area contributed by atoms with E-state index in [1.54, 1.807) is 30.3 Å². The molecule has 21 heavy (non-hydrogen) atoms. The molecule has 7 heteroatoms. The number of ketones is 1. The number of aliphatic carboxylic acids is 1. The van der Waals surface area contributed by atoms with Crippen LogP contribution < -0.4 is 16.4 Å². The van der Waals surface area contributed by atoms with Crippen LogP contribution in [0.3, 0.4) is 0 Å². The van der Waals surface area contributed by atoms with Crippen LogP contribution in [-0.4, -0.2) is 28.6 Å². The van der Waals surface area contributed by atoms with Crippen molar-refractivity contribution in [3.8, 4) is 0 Å². The summed E-state index contributed by atoms with van der Waals surface area (Å²) in [7, 11) is 0. The molecule has 0 spiro atoms. The zero-order valence-corrected chi connectivity index (χ0v) is 10.9. The Bertz CT molecular complexity index is 651. The van der Waals surface area contributed by atoms with E-state index in [-0.39, 0.29) is 5.57 Å².